The quantitative estimate of drug-likeness (QED) is 0.492. The Morgan fingerprint density at radius 1 is 0.911 bits per heavy atom. The summed E-state index contributed by atoms with van der Waals surface area (Å²) in [5.41, 5.74) is 7.71. The van der Waals surface area contributed by atoms with Crippen molar-refractivity contribution < 1.29 is 22.7 Å². The van der Waals surface area contributed by atoms with E-state index in [2.05, 4.69) is 21.2 Å². The highest BCUT2D eigenvalue weighted by Gasteiger charge is 2.57. The molecule has 2 unspecified atom stereocenters. The third-order valence-electron chi connectivity index (χ3n) is 11.0. The Kier molecular flexibility index (Phi) is 6.90. The van der Waals surface area contributed by atoms with Crippen LogP contribution >= 0.6 is 0 Å². The minimum atomic E-state index is -3.14. The van der Waals surface area contributed by atoms with Crippen molar-refractivity contribution in [3.8, 4) is 0 Å². The van der Waals surface area contributed by atoms with Crippen molar-refractivity contribution in [2.45, 2.75) is 61.8 Å². The number of aromatic nitrogens is 1. The lowest BCUT2D eigenvalue weighted by Crippen LogP contribution is -2.64. The fourth-order valence-corrected chi connectivity index (χ4v) is 10.9. The highest BCUT2D eigenvalue weighted by molar-refractivity contribution is 7.90. The molecule has 3 amide bonds. The fraction of sp³-hybridized carbons (Fsp3) is 0.594. The van der Waals surface area contributed by atoms with E-state index < -0.39 is 21.7 Å². The van der Waals surface area contributed by atoms with Gasteiger partial charge in [-0.05, 0) is 87.0 Å². The molecule has 2 aromatic rings. The molecule has 7 aliphatic rings. The number of hydrogen-bond donors (Lipinski definition) is 2. The molecule has 3 heterocycles. The minimum Gasteiger partial charge on any atom is -0.443 e. The van der Waals surface area contributed by atoms with Gasteiger partial charge in [0.2, 0.25) is 10.0 Å². The zero-order chi connectivity index (χ0) is 30.9. The Hall–Kier alpha value is -3.58. The number of carbonyl (C=O) groups excluding carboxylic acids is 2. The van der Waals surface area contributed by atoms with Crippen LogP contribution in [0.4, 0.5) is 32.5 Å². The minimum absolute atomic E-state index is 0.0636. The number of ether oxygens (including phenoxy) is 1. The summed E-state index contributed by atoms with van der Waals surface area (Å²) in [4.78, 5) is 36.5. The summed E-state index contributed by atoms with van der Waals surface area (Å²) in [5.74, 6) is 1.89. The first-order valence-electron chi connectivity index (χ1n) is 16.3. The highest BCUT2D eigenvalue weighted by atomic mass is 32.2. The summed E-state index contributed by atoms with van der Waals surface area (Å²) >= 11 is 0. The summed E-state index contributed by atoms with van der Waals surface area (Å²) < 4.78 is 32.6. The number of hydrogen-bond acceptors (Lipinski definition) is 8. The SMILES string of the molecule is NC(=O)O[C@]12CC3CC(C1)[C@H](NC(=O)N1CCN(c4ccc(N5CCN(S(=O)(=O)C6CC6)CC5)cn4)c4ccccc41)C(C3)C2. The van der Waals surface area contributed by atoms with Crippen molar-refractivity contribution in [3.63, 3.8) is 0 Å². The molecule has 0 spiro atoms. The molecule has 5 aliphatic carbocycles. The van der Waals surface area contributed by atoms with Gasteiger partial charge >= 0.3 is 12.1 Å². The molecule has 4 bridgehead atoms. The van der Waals surface area contributed by atoms with Crippen molar-refractivity contribution >= 4 is 45.0 Å². The van der Waals surface area contributed by atoms with Gasteiger partial charge in [0.1, 0.15) is 11.4 Å². The molecule has 240 valence electrons. The molecule has 1 aromatic carbocycles. The Morgan fingerprint density at radius 3 is 2.27 bits per heavy atom. The number of benzene rings is 1. The van der Waals surface area contributed by atoms with Gasteiger partial charge in [-0.2, -0.15) is 4.31 Å². The number of urea groups is 1. The van der Waals surface area contributed by atoms with Crippen molar-refractivity contribution in [1.29, 1.82) is 0 Å². The van der Waals surface area contributed by atoms with E-state index in [9.17, 15) is 18.0 Å². The van der Waals surface area contributed by atoms with Crippen LogP contribution in [0.5, 0.6) is 0 Å². The van der Waals surface area contributed by atoms with Crippen LogP contribution in [-0.2, 0) is 14.8 Å². The summed E-state index contributed by atoms with van der Waals surface area (Å²) in [6.07, 6.45) is 7.24. The van der Waals surface area contributed by atoms with Crippen molar-refractivity contribution in [2.24, 2.45) is 23.5 Å². The maximum atomic E-state index is 13.8. The van der Waals surface area contributed by atoms with Crippen molar-refractivity contribution in [3.05, 3.63) is 42.6 Å². The monoisotopic (exact) mass is 635 g/mol. The Bertz CT molecular complexity index is 1580. The van der Waals surface area contributed by atoms with Gasteiger partial charge < -0.3 is 25.6 Å². The Morgan fingerprint density at radius 2 is 1.62 bits per heavy atom. The molecule has 0 radical (unpaired) electrons. The van der Waals surface area contributed by atoms with Crippen LogP contribution in [0.3, 0.4) is 0 Å². The molecular weight excluding hydrogens is 594 g/mol. The van der Waals surface area contributed by atoms with Gasteiger partial charge in [0.05, 0.1) is 28.5 Å². The fourth-order valence-electron chi connectivity index (χ4n) is 9.06. The van der Waals surface area contributed by atoms with Crippen LogP contribution in [-0.4, -0.2) is 86.0 Å². The molecular formula is C32H41N7O5S. The van der Waals surface area contributed by atoms with Crippen LogP contribution < -0.4 is 25.8 Å². The molecule has 9 rings (SSSR count). The van der Waals surface area contributed by atoms with Crippen LogP contribution in [0, 0.1) is 17.8 Å². The molecule has 2 atom stereocenters. The van der Waals surface area contributed by atoms with Gasteiger partial charge in [-0.1, -0.05) is 12.1 Å². The van der Waals surface area contributed by atoms with Gasteiger partial charge in [-0.25, -0.2) is 23.0 Å². The number of para-hydroxylation sites is 2. The van der Waals surface area contributed by atoms with Gasteiger partial charge in [0, 0.05) is 45.3 Å². The van der Waals surface area contributed by atoms with Gasteiger partial charge in [0.15, 0.2) is 0 Å². The molecule has 45 heavy (non-hydrogen) atoms. The number of carbonyl (C=O) groups is 2. The highest BCUT2D eigenvalue weighted by Crippen LogP contribution is 2.57. The first-order valence-corrected chi connectivity index (χ1v) is 17.8. The second-order valence-electron chi connectivity index (χ2n) is 13.8. The number of fused-ring (bicyclic) bond motifs is 1. The van der Waals surface area contributed by atoms with Crippen LogP contribution in [0.1, 0.15) is 44.9 Å². The summed E-state index contributed by atoms with van der Waals surface area (Å²) in [5, 5.41) is 3.23. The molecule has 13 heteroatoms. The number of nitrogens with zero attached hydrogens (tertiary/aromatic N) is 5. The van der Waals surface area contributed by atoms with E-state index in [1.165, 1.54) is 0 Å². The molecule has 2 aliphatic heterocycles. The van der Waals surface area contributed by atoms with Crippen LogP contribution in [0.15, 0.2) is 42.6 Å². The van der Waals surface area contributed by atoms with Crippen LogP contribution in [0.25, 0.3) is 0 Å². The number of amides is 3. The number of nitrogens with one attached hydrogen (secondary N) is 1. The topological polar surface area (TPSA) is 141 Å². The third kappa shape index (κ3) is 5.17. The summed E-state index contributed by atoms with van der Waals surface area (Å²) in [7, 11) is -3.14. The lowest BCUT2D eigenvalue weighted by molar-refractivity contribution is -0.137. The number of nitrogens with two attached hydrogens (primary N) is 1. The van der Waals surface area contributed by atoms with E-state index in [1.54, 1.807) is 4.31 Å². The first kappa shape index (κ1) is 28.9. The first-order chi connectivity index (χ1) is 21.7. The average molecular weight is 636 g/mol. The normalized spacial score (nSPS) is 31.1. The largest absolute Gasteiger partial charge is 0.443 e. The van der Waals surface area contributed by atoms with Crippen molar-refractivity contribution in [1.82, 2.24) is 14.6 Å². The maximum Gasteiger partial charge on any atom is 0.405 e. The zero-order valence-electron chi connectivity index (χ0n) is 25.4. The number of sulfonamides is 1. The third-order valence-corrected chi connectivity index (χ3v) is 13.4. The van der Waals surface area contributed by atoms with E-state index in [0.717, 1.165) is 67.8 Å². The Balaban J connectivity index is 0.938. The predicted molar refractivity (Wildman–Crippen MR) is 170 cm³/mol. The standard InChI is InChI=1S/C32H41N7O5S/c33-30(40)44-32-17-21-15-22(18-32)29(23(16-21)19-32)35-31(41)39-14-13-38(26-3-1-2-4-27(26)39)28-8-5-24(20-34-28)36-9-11-37(12-10-36)45(42,43)25-6-7-25/h1-5,8,20-23,25,29H,6-7,9-19H2,(H2,33,40)(H,35,41)/t21?,22?,23?,29-,32+. The number of anilines is 4. The molecule has 1 saturated heterocycles. The lowest BCUT2D eigenvalue weighted by atomic mass is 9.52. The number of piperazine rings is 1. The number of rotatable bonds is 6. The molecule has 12 nitrogen and oxygen atoms in total. The van der Waals surface area contributed by atoms with Gasteiger partial charge in [-0.15, -0.1) is 0 Å². The number of primary amides is 1. The molecule has 6 fully saturated rings. The van der Waals surface area contributed by atoms with E-state index in [0.29, 0.717) is 45.2 Å². The predicted octanol–water partition coefficient (Wildman–Crippen LogP) is 3.41. The van der Waals surface area contributed by atoms with E-state index >= 15 is 0 Å². The van der Waals surface area contributed by atoms with Crippen molar-refractivity contribution in [2.75, 3.05) is 54.0 Å². The summed E-state index contributed by atoms with van der Waals surface area (Å²) in [6, 6.07) is 12.0. The summed E-state index contributed by atoms with van der Waals surface area (Å²) in [6.45, 7) is 3.41. The van der Waals surface area contributed by atoms with Gasteiger partial charge in [-0.3, -0.25) is 4.90 Å². The maximum absolute atomic E-state index is 13.8. The zero-order valence-corrected chi connectivity index (χ0v) is 26.2. The van der Waals surface area contributed by atoms with E-state index in [4.69, 9.17) is 15.5 Å². The average Bonchev–Trinajstić information content (AvgIpc) is 3.88. The van der Waals surface area contributed by atoms with Crippen LogP contribution in [0.2, 0.25) is 0 Å². The van der Waals surface area contributed by atoms with E-state index in [-0.39, 0.29) is 29.2 Å². The smallest absolute Gasteiger partial charge is 0.405 e. The number of pyridine rings is 1. The lowest BCUT2D eigenvalue weighted by Gasteiger charge is -2.59. The second-order valence-corrected chi connectivity index (χ2v) is 16.1. The Labute approximate surface area is 263 Å². The molecule has 1 aromatic heterocycles. The second kappa shape index (κ2) is 10.8. The molecule has 3 N–H and O–H groups in total. The molecule has 5 saturated carbocycles. The van der Waals surface area contributed by atoms with Gasteiger partial charge in [0.25, 0.3) is 0 Å². The van der Waals surface area contributed by atoms with E-state index in [1.807, 2.05) is 41.4 Å².